The van der Waals surface area contributed by atoms with Gasteiger partial charge in [0, 0.05) is 44.9 Å². The third-order valence-electron chi connectivity index (χ3n) is 7.22. The Morgan fingerprint density at radius 2 is 0.968 bits per heavy atom. The van der Waals surface area contributed by atoms with Crippen LogP contribution in [0, 0.1) is 0 Å². The summed E-state index contributed by atoms with van der Waals surface area (Å²) in [5.41, 5.74) is 6.48. The van der Waals surface area contributed by atoms with Gasteiger partial charge >= 0.3 is 0 Å². The van der Waals surface area contributed by atoms with Crippen molar-refractivity contribution in [1.82, 2.24) is 8.97 Å². The van der Waals surface area contributed by atoms with Gasteiger partial charge in [0.25, 0.3) is 0 Å². The van der Waals surface area contributed by atoms with E-state index in [0.717, 1.165) is 0 Å². The predicted molar refractivity (Wildman–Crippen MR) is 133 cm³/mol. The fourth-order valence-electron chi connectivity index (χ4n) is 6.06. The van der Waals surface area contributed by atoms with Crippen LogP contribution in [0.15, 0.2) is 91.0 Å². The lowest BCUT2D eigenvalue weighted by atomic mass is 9.98. The summed E-state index contributed by atoms with van der Waals surface area (Å²) in [4.78, 5) is 0. The Kier molecular flexibility index (Phi) is 2.62. The summed E-state index contributed by atoms with van der Waals surface area (Å²) in [5.74, 6) is 0. The Balaban J connectivity index is 1.99. The minimum atomic E-state index is 1.26. The van der Waals surface area contributed by atoms with Crippen molar-refractivity contribution in [2.75, 3.05) is 0 Å². The van der Waals surface area contributed by atoms with Crippen molar-refractivity contribution >= 4 is 70.7 Å². The lowest BCUT2D eigenvalue weighted by Crippen LogP contribution is -1.90. The molecule has 0 aliphatic carbocycles. The van der Waals surface area contributed by atoms with Crippen LogP contribution < -0.4 is 0 Å². The zero-order valence-electron chi connectivity index (χ0n) is 17.1. The van der Waals surface area contributed by atoms with Crippen LogP contribution in [-0.4, -0.2) is 8.97 Å². The molecule has 144 valence electrons. The summed E-state index contributed by atoms with van der Waals surface area (Å²) in [7, 11) is 2.22. The molecule has 0 aliphatic heterocycles. The van der Waals surface area contributed by atoms with Crippen LogP contribution in [-0.2, 0) is 7.05 Å². The molecule has 5 aromatic carbocycles. The van der Waals surface area contributed by atoms with Crippen molar-refractivity contribution in [2.45, 2.75) is 0 Å². The summed E-state index contributed by atoms with van der Waals surface area (Å²) in [6.07, 6.45) is 0. The van der Waals surface area contributed by atoms with Crippen LogP contribution in [0.2, 0.25) is 0 Å². The monoisotopic (exact) mass is 394 g/mol. The molecule has 0 saturated heterocycles. The van der Waals surface area contributed by atoms with E-state index in [2.05, 4.69) is 107 Å². The molecule has 2 heteroatoms. The third-order valence-corrected chi connectivity index (χ3v) is 7.22. The predicted octanol–water partition coefficient (Wildman–Crippen LogP) is 7.63. The highest BCUT2D eigenvalue weighted by molar-refractivity contribution is 6.40. The summed E-state index contributed by atoms with van der Waals surface area (Å²) in [6.45, 7) is 0. The van der Waals surface area contributed by atoms with Crippen LogP contribution in [0.25, 0.3) is 70.7 Å². The first-order valence-corrected chi connectivity index (χ1v) is 10.8. The first-order valence-electron chi connectivity index (χ1n) is 10.8. The normalized spacial score (nSPS) is 12.7. The second kappa shape index (κ2) is 5.16. The fourth-order valence-corrected chi connectivity index (χ4v) is 6.06. The third kappa shape index (κ3) is 1.65. The minimum absolute atomic E-state index is 1.26. The van der Waals surface area contributed by atoms with Gasteiger partial charge in [0.2, 0.25) is 0 Å². The highest BCUT2D eigenvalue weighted by Gasteiger charge is 2.23. The molecule has 0 aliphatic rings. The molecule has 0 spiro atoms. The van der Waals surface area contributed by atoms with Crippen LogP contribution in [0.4, 0.5) is 0 Å². The Bertz CT molecular complexity index is 2000. The quantitative estimate of drug-likeness (QED) is 0.250. The molecule has 31 heavy (non-hydrogen) atoms. The van der Waals surface area contributed by atoms with Gasteiger partial charge in [0.1, 0.15) is 0 Å². The van der Waals surface area contributed by atoms with E-state index < -0.39 is 0 Å². The van der Waals surface area contributed by atoms with Gasteiger partial charge in [-0.3, -0.25) is 0 Å². The van der Waals surface area contributed by atoms with Gasteiger partial charge in [-0.25, -0.2) is 0 Å². The zero-order chi connectivity index (χ0) is 20.3. The van der Waals surface area contributed by atoms with Crippen molar-refractivity contribution in [3.8, 4) is 0 Å². The van der Waals surface area contributed by atoms with Gasteiger partial charge in [-0.05, 0) is 29.0 Å². The van der Waals surface area contributed by atoms with E-state index in [9.17, 15) is 0 Å². The number of para-hydroxylation sites is 2. The maximum atomic E-state index is 2.51. The van der Waals surface area contributed by atoms with Crippen molar-refractivity contribution < 1.29 is 0 Å². The molecule has 3 aromatic heterocycles. The molecular formula is C29H18N2. The maximum absolute atomic E-state index is 2.51. The van der Waals surface area contributed by atoms with E-state index in [4.69, 9.17) is 0 Å². The number of hydrogen-bond acceptors (Lipinski definition) is 0. The molecule has 8 aromatic rings. The molecule has 0 atom stereocenters. The van der Waals surface area contributed by atoms with E-state index in [1.54, 1.807) is 0 Å². The minimum Gasteiger partial charge on any atom is -0.343 e. The van der Waals surface area contributed by atoms with Crippen LogP contribution >= 0.6 is 0 Å². The molecule has 8 rings (SSSR count). The molecule has 0 saturated carbocycles. The highest BCUT2D eigenvalue weighted by atomic mass is 15.0. The van der Waals surface area contributed by atoms with E-state index in [-0.39, 0.29) is 0 Å². The molecular weight excluding hydrogens is 376 g/mol. The maximum Gasteiger partial charge on any atom is 0.0648 e. The molecule has 0 N–H and O–H groups in total. The number of hydrogen-bond donors (Lipinski definition) is 0. The summed E-state index contributed by atoms with van der Waals surface area (Å²) < 4.78 is 4.90. The van der Waals surface area contributed by atoms with Crippen molar-refractivity contribution in [2.24, 2.45) is 7.05 Å². The number of benzene rings is 5. The van der Waals surface area contributed by atoms with Gasteiger partial charge in [-0.2, -0.15) is 0 Å². The zero-order valence-corrected chi connectivity index (χ0v) is 17.1. The molecule has 0 unspecified atom stereocenters. The molecule has 0 amide bonds. The molecule has 2 nitrogen and oxygen atoms in total. The second-order valence-electron chi connectivity index (χ2n) is 8.62. The van der Waals surface area contributed by atoms with Gasteiger partial charge in [-0.15, -0.1) is 0 Å². The average molecular weight is 394 g/mol. The molecule has 3 heterocycles. The van der Waals surface area contributed by atoms with Crippen molar-refractivity contribution in [3.05, 3.63) is 91.0 Å². The molecule has 0 bridgehead atoms. The second-order valence-corrected chi connectivity index (χ2v) is 8.62. The van der Waals surface area contributed by atoms with Crippen LogP contribution in [0.5, 0.6) is 0 Å². The van der Waals surface area contributed by atoms with Crippen LogP contribution in [0.1, 0.15) is 0 Å². The van der Waals surface area contributed by atoms with Crippen LogP contribution in [0.3, 0.4) is 0 Å². The van der Waals surface area contributed by atoms with E-state index >= 15 is 0 Å². The summed E-state index contributed by atoms with van der Waals surface area (Å²) in [5, 5.41) is 10.7. The Labute approximate surface area is 177 Å². The highest BCUT2D eigenvalue weighted by Crippen LogP contribution is 2.47. The van der Waals surface area contributed by atoms with Crippen molar-refractivity contribution in [3.63, 3.8) is 0 Å². The number of nitrogens with zero attached hydrogens (tertiary/aromatic N) is 2. The summed E-state index contributed by atoms with van der Waals surface area (Å²) in [6, 6.07) is 33.4. The lowest BCUT2D eigenvalue weighted by Gasteiger charge is -2.07. The van der Waals surface area contributed by atoms with Gasteiger partial charge in [-0.1, -0.05) is 72.8 Å². The van der Waals surface area contributed by atoms with E-state index in [1.165, 1.54) is 70.7 Å². The topological polar surface area (TPSA) is 9.34 Å². The summed E-state index contributed by atoms with van der Waals surface area (Å²) >= 11 is 0. The average Bonchev–Trinajstić information content (AvgIpc) is 3.28. The molecule has 0 radical (unpaired) electrons. The Morgan fingerprint density at radius 3 is 1.77 bits per heavy atom. The first kappa shape index (κ1) is 15.8. The number of aryl methyl sites for hydroxylation is 1. The van der Waals surface area contributed by atoms with E-state index in [1.807, 2.05) is 0 Å². The Morgan fingerprint density at radius 1 is 0.419 bits per heavy atom. The van der Waals surface area contributed by atoms with Crippen molar-refractivity contribution in [1.29, 1.82) is 0 Å². The number of rotatable bonds is 0. The largest absolute Gasteiger partial charge is 0.343 e. The lowest BCUT2D eigenvalue weighted by molar-refractivity contribution is 1.02. The van der Waals surface area contributed by atoms with Gasteiger partial charge in [0.05, 0.1) is 22.1 Å². The van der Waals surface area contributed by atoms with E-state index in [0.29, 0.717) is 0 Å². The van der Waals surface area contributed by atoms with Gasteiger partial charge in [0.15, 0.2) is 0 Å². The first-order chi connectivity index (χ1) is 15.3. The number of fused-ring (bicyclic) bond motifs is 9. The molecule has 0 fully saturated rings. The fraction of sp³-hybridized carbons (Fsp3) is 0.0345. The smallest absolute Gasteiger partial charge is 0.0648 e. The number of aromatic nitrogens is 2. The SMILES string of the molecule is Cn1c2cccc3c4ccccc4n4c5ccccc5c5c6ccccc6c1c(c32)c54. The van der Waals surface area contributed by atoms with Gasteiger partial charge < -0.3 is 8.97 Å². The Hall–Kier alpha value is -4.04. The standard InChI is InChI=1S/C29H18N2/c1-30-24-16-8-13-18-17-9-4-6-14-22(17)31-23-15-7-5-12-21(23)25-19-10-2-3-11-20(19)28(30)27(26(18)24)29(25)31/h2-16H,1H3.